The fourth-order valence-electron chi connectivity index (χ4n) is 1.50. The van der Waals surface area contributed by atoms with E-state index >= 15 is 0 Å². The number of aryl methyl sites for hydroxylation is 1. The van der Waals surface area contributed by atoms with Gasteiger partial charge < -0.3 is 0 Å². The van der Waals surface area contributed by atoms with Crippen molar-refractivity contribution in [3.05, 3.63) is 38.9 Å². The van der Waals surface area contributed by atoms with Gasteiger partial charge in [0, 0.05) is 6.07 Å². The predicted molar refractivity (Wildman–Crippen MR) is 52.8 cm³/mol. The molecule has 17 heavy (non-hydrogen) atoms. The van der Waals surface area contributed by atoms with Crippen LogP contribution in [0, 0.1) is 17.0 Å². The molecule has 1 aromatic carbocycles. The van der Waals surface area contributed by atoms with Crippen LogP contribution in [0.3, 0.4) is 0 Å². The van der Waals surface area contributed by atoms with Gasteiger partial charge in [-0.2, -0.15) is 13.2 Å². The number of nitro groups is 1. The second-order valence-electron chi connectivity index (χ2n) is 3.52. The first-order chi connectivity index (χ1) is 7.64. The van der Waals surface area contributed by atoms with Crippen molar-refractivity contribution in [1.29, 1.82) is 0 Å². The van der Waals surface area contributed by atoms with Crippen LogP contribution in [0.5, 0.6) is 0 Å². The molecule has 0 amide bonds. The van der Waals surface area contributed by atoms with E-state index < -0.39 is 33.7 Å². The van der Waals surface area contributed by atoms with Crippen LogP contribution in [0.25, 0.3) is 0 Å². The van der Waals surface area contributed by atoms with Crippen LogP contribution in [-0.4, -0.2) is 10.7 Å². The Kier molecular flexibility index (Phi) is 3.21. The summed E-state index contributed by atoms with van der Waals surface area (Å²) in [7, 11) is 0. The van der Waals surface area contributed by atoms with E-state index in [9.17, 15) is 28.1 Å². The van der Waals surface area contributed by atoms with E-state index in [1.807, 2.05) is 0 Å². The molecule has 0 aromatic heterocycles. The Morgan fingerprint density at radius 1 is 1.35 bits per heavy atom. The van der Waals surface area contributed by atoms with E-state index in [-0.39, 0.29) is 5.56 Å². The van der Waals surface area contributed by atoms with Crippen molar-refractivity contribution in [1.82, 2.24) is 0 Å². The lowest BCUT2D eigenvalue weighted by Crippen LogP contribution is -2.14. The van der Waals surface area contributed by atoms with E-state index in [1.165, 1.54) is 6.92 Å². The van der Waals surface area contributed by atoms with Crippen molar-refractivity contribution in [2.24, 2.45) is 0 Å². The molecule has 0 saturated carbocycles. The lowest BCUT2D eigenvalue weighted by atomic mass is 9.99. The minimum atomic E-state index is -4.79. The molecule has 0 heterocycles. The van der Waals surface area contributed by atoms with Gasteiger partial charge in [-0.25, -0.2) is 0 Å². The minimum Gasteiger partial charge on any atom is -0.294 e. The van der Waals surface area contributed by atoms with Gasteiger partial charge in [0.25, 0.3) is 5.69 Å². The summed E-state index contributed by atoms with van der Waals surface area (Å²) in [4.78, 5) is 20.8. The second-order valence-corrected chi connectivity index (χ2v) is 3.52. The number of ketones is 1. The second kappa shape index (κ2) is 4.15. The van der Waals surface area contributed by atoms with Crippen molar-refractivity contribution in [2.75, 3.05) is 0 Å². The molecule has 0 bridgehead atoms. The summed E-state index contributed by atoms with van der Waals surface area (Å²) >= 11 is 0. The zero-order valence-electron chi connectivity index (χ0n) is 8.96. The van der Waals surface area contributed by atoms with E-state index in [4.69, 9.17) is 0 Å². The molecule has 0 aliphatic rings. The first-order valence-electron chi connectivity index (χ1n) is 4.51. The minimum absolute atomic E-state index is 0.0778. The van der Waals surface area contributed by atoms with Gasteiger partial charge in [-0.3, -0.25) is 14.9 Å². The first kappa shape index (κ1) is 13.1. The molecule has 0 spiro atoms. The molecular weight excluding hydrogens is 239 g/mol. The highest BCUT2D eigenvalue weighted by Gasteiger charge is 2.38. The number of rotatable bonds is 2. The molecule has 4 nitrogen and oxygen atoms in total. The van der Waals surface area contributed by atoms with Gasteiger partial charge >= 0.3 is 6.18 Å². The van der Waals surface area contributed by atoms with Crippen molar-refractivity contribution >= 4 is 11.5 Å². The highest BCUT2D eigenvalue weighted by molar-refractivity contribution is 5.99. The highest BCUT2D eigenvalue weighted by Crippen LogP contribution is 2.37. The zero-order chi connectivity index (χ0) is 13.4. The molecule has 0 N–H and O–H groups in total. The predicted octanol–water partition coefficient (Wildman–Crippen LogP) is 3.12. The summed E-state index contributed by atoms with van der Waals surface area (Å²) in [5.41, 5.74) is -2.90. The maximum atomic E-state index is 12.7. The Morgan fingerprint density at radius 3 is 2.24 bits per heavy atom. The van der Waals surface area contributed by atoms with Crippen LogP contribution in [0.15, 0.2) is 12.1 Å². The van der Waals surface area contributed by atoms with E-state index in [2.05, 4.69) is 0 Å². The summed E-state index contributed by atoms with van der Waals surface area (Å²) in [6.45, 7) is 2.17. The van der Waals surface area contributed by atoms with Gasteiger partial charge in [0.2, 0.25) is 0 Å². The maximum Gasteiger partial charge on any atom is 0.417 e. The molecule has 0 unspecified atom stereocenters. The highest BCUT2D eigenvalue weighted by atomic mass is 19.4. The third kappa shape index (κ3) is 2.61. The van der Waals surface area contributed by atoms with Gasteiger partial charge in [-0.1, -0.05) is 0 Å². The number of hydrogen-bond donors (Lipinski definition) is 0. The summed E-state index contributed by atoms with van der Waals surface area (Å²) in [6, 6.07) is 1.68. The van der Waals surface area contributed by atoms with Gasteiger partial charge in [-0.05, 0) is 25.5 Å². The molecule has 0 saturated heterocycles. The van der Waals surface area contributed by atoms with E-state index in [0.717, 1.165) is 19.1 Å². The number of alkyl halides is 3. The molecule has 0 fully saturated rings. The van der Waals surface area contributed by atoms with E-state index in [1.54, 1.807) is 0 Å². The Morgan fingerprint density at radius 2 is 1.88 bits per heavy atom. The third-order valence-corrected chi connectivity index (χ3v) is 2.12. The van der Waals surface area contributed by atoms with Gasteiger partial charge in [0.1, 0.15) is 5.56 Å². The Hall–Kier alpha value is -1.92. The third-order valence-electron chi connectivity index (χ3n) is 2.12. The number of carbonyl (C=O) groups excluding carboxylic acids is 1. The smallest absolute Gasteiger partial charge is 0.294 e. The van der Waals surface area contributed by atoms with Crippen molar-refractivity contribution in [3.8, 4) is 0 Å². The molecule has 0 aliphatic carbocycles. The quantitative estimate of drug-likeness (QED) is 0.458. The number of halogens is 3. The summed E-state index contributed by atoms with van der Waals surface area (Å²) in [6.07, 6.45) is -4.79. The molecular formula is C10H8F3NO3. The lowest BCUT2D eigenvalue weighted by Gasteiger charge is -2.12. The van der Waals surface area contributed by atoms with E-state index in [0.29, 0.717) is 0 Å². The molecule has 1 rings (SSSR count). The molecule has 0 aliphatic heterocycles. The van der Waals surface area contributed by atoms with Gasteiger partial charge in [0.15, 0.2) is 5.78 Å². The molecule has 1 aromatic rings. The molecule has 92 valence electrons. The Balaban J connectivity index is 3.70. The Bertz CT molecular complexity index is 494. The lowest BCUT2D eigenvalue weighted by molar-refractivity contribution is -0.385. The van der Waals surface area contributed by atoms with Crippen LogP contribution < -0.4 is 0 Å². The van der Waals surface area contributed by atoms with Gasteiger partial charge in [0.05, 0.1) is 10.5 Å². The van der Waals surface area contributed by atoms with Gasteiger partial charge in [-0.15, -0.1) is 0 Å². The topological polar surface area (TPSA) is 60.2 Å². The molecule has 7 heteroatoms. The number of nitrogens with zero attached hydrogens (tertiary/aromatic N) is 1. The summed E-state index contributed by atoms with van der Waals surface area (Å²) in [5, 5.41) is 10.6. The van der Waals surface area contributed by atoms with Crippen LogP contribution in [0.1, 0.15) is 28.4 Å². The monoisotopic (exact) mass is 247 g/mol. The Labute approximate surface area is 94.2 Å². The number of nitro benzene ring substituents is 1. The fourth-order valence-corrected chi connectivity index (χ4v) is 1.50. The largest absolute Gasteiger partial charge is 0.417 e. The number of hydrogen-bond acceptors (Lipinski definition) is 3. The summed E-state index contributed by atoms with van der Waals surface area (Å²) < 4.78 is 38.0. The van der Waals surface area contributed by atoms with Crippen molar-refractivity contribution in [2.45, 2.75) is 20.0 Å². The normalized spacial score (nSPS) is 11.4. The standard InChI is InChI=1S/C10H8F3NO3/c1-5-3-7(10(11,12)13)9(6(2)15)8(4-5)14(16)17/h3-4H,1-2H3. The van der Waals surface area contributed by atoms with Crippen LogP contribution in [-0.2, 0) is 6.18 Å². The number of Topliss-reactive ketones (excluding diaryl/α,β-unsaturated/α-hetero) is 1. The average Bonchev–Trinajstić information content (AvgIpc) is 2.14. The number of benzene rings is 1. The SMILES string of the molecule is CC(=O)c1c([N+](=O)[O-])cc(C)cc1C(F)(F)F. The first-order valence-corrected chi connectivity index (χ1v) is 4.51. The van der Waals surface area contributed by atoms with Crippen LogP contribution >= 0.6 is 0 Å². The number of carbonyl (C=O) groups is 1. The van der Waals surface area contributed by atoms with Crippen LogP contribution in [0.4, 0.5) is 18.9 Å². The molecule has 0 atom stereocenters. The fraction of sp³-hybridized carbons (Fsp3) is 0.300. The molecule has 0 radical (unpaired) electrons. The van der Waals surface area contributed by atoms with Crippen molar-refractivity contribution < 1.29 is 22.9 Å². The zero-order valence-corrected chi connectivity index (χ0v) is 8.96. The maximum absolute atomic E-state index is 12.7. The average molecular weight is 247 g/mol. The van der Waals surface area contributed by atoms with Crippen molar-refractivity contribution in [3.63, 3.8) is 0 Å². The summed E-state index contributed by atoms with van der Waals surface area (Å²) in [5.74, 6) is -0.982. The van der Waals surface area contributed by atoms with Crippen LogP contribution in [0.2, 0.25) is 0 Å².